The molecule has 5 heteroatoms. The lowest BCUT2D eigenvalue weighted by Crippen LogP contribution is -2.35. The molecule has 0 radical (unpaired) electrons. The summed E-state index contributed by atoms with van der Waals surface area (Å²) in [7, 11) is 1.92. The summed E-state index contributed by atoms with van der Waals surface area (Å²) >= 11 is 5.58. The third-order valence-electron chi connectivity index (χ3n) is 5.68. The van der Waals surface area contributed by atoms with Crippen LogP contribution in [0, 0.1) is 0 Å². The van der Waals surface area contributed by atoms with Crippen LogP contribution >= 0.6 is 12.2 Å². The van der Waals surface area contributed by atoms with Crippen molar-refractivity contribution >= 4 is 33.9 Å². The first-order valence-corrected chi connectivity index (χ1v) is 10.6. The first-order valence-electron chi connectivity index (χ1n) is 10.2. The Morgan fingerprint density at radius 1 is 1.21 bits per heavy atom. The van der Waals surface area contributed by atoms with Crippen LogP contribution in [-0.2, 0) is 19.5 Å². The van der Waals surface area contributed by atoms with E-state index in [4.69, 9.17) is 12.2 Å². The van der Waals surface area contributed by atoms with Crippen LogP contribution in [0.25, 0.3) is 10.9 Å². The number of hydrogen-bond donors (Lipinski definition) is 1. The topological polar surface area (TPSA) is 37.3 Å². The molecule has 0 atom stereocenters. The Hall–Kier alpha value is -2.66. The van der Waals surface area contributed by atoms with Crippen molar-refractivity contribution in [2.75, 3.05) is 12.4 Å². The molecule has 1 aliphatic rings. The summed E-state index contributed by atoms with van der Waals surface area (Å²) in [6.45, 7) is 5.63. The molecule has 1 aromatic heterocycles. The van der Waals surface area contributed by atoms with Crippen LogP contribution in [0.1, 0.15) is 42.9 Å². The van der Waals surface area contributed by atoms with Crippen molar-refractivity contribution in [2.24, 2.45) is 0 Å². The third kappa shape index (κ3) is 3.92. The largest absolute Gasteiger partial charge is 0.348 e. The second-order valence-corrected chi connectivity index (χ2v) is 8.53. The Morgan fingerprint density at radius 3 is 2.69 bits per heavy atom. The molecule has 0 fully saturated rings. The number of aromatic nitrogens is 1. The quantitative estimate of drug-likeness (QED) is 0.627. The lowest BCUT2D eigenvalue weighted by molar-refractivity contribution is 0.499. The van der Waals surface area contributed by atoms with E-state index in [9.17, 15) is 4.79 Å². The van der Waals surface area contributed by atoms with Crippen LogP contribution in [0.3, 0.4) is 0 Å². The predicted octanol–water partition coefficient (Wildman–Crippen LogP) is 4.90. The van der Waals surface area contributed by atoms with Crippen LogP contribution in [0.2, 0.25) is 0 Å². The molecule has 2 aromatic carbocycles. The SMILES string of the molecule is CC(C)c1ccc(NC(=S)N(C)Cc2cc3cccc4c3n(c2=O)CCC4)cc1. The number of rotatable bonds is 4. The van der Waals surface area contributed by atoms with E-state index in [0.717, 1.165) is 41.5 Å². The van der Waals surface area contributed by atoms with E-state index in [1.54, 1.807) is 0 Å². The van der Waals surface area contributed by atoms with E-state index in [2.05, 4.69) is 49.5 Å². The highest BCUT2D eigenvalue weighted by Gasteiger charge is 2.17. The van der Waals surface area contributed by atoms with E-state index in [0.29, 0.717) is 17.6 Å². The molecular formula is C24H27N3OS. The van der Waals surface area contributed by atoms with Crippen LogP contribution in [0.15, 0.2) is 53.3 Å². The first kappa shape index (κ1) is 19.6. The number of benzene rings is 2. The fourth-order valence-electron chi connectivity index (χ4n) is 4.03. The Kier molecular flexibility index (Phi) is 5.41. The highest BCUT2D eigenvalue weighted by Crippen LogP contribution is 2.24. The molecule has 4 rings (SSSR count). The van der Waals surface area contributed by atoms with Crippen molar-refractivity contribution in [3.05, 3.63) is 75.6 Å². The third-order valence-corrected chi connectivity index (χ3v) is 6.09. The van der Waals surface area contributed by atoms with Gasteiger partial charge in [0.15, 0.2) is 5.11 Å². The lowest BCUT2D eigenvalue weighted by Gasteiger charge is -2.24. The molecule has 2 heterocycles. The maximum Gasteiger partial charge on any atom is 0.256 e. The van der Waals surface area contributed by atoms with Gasteiger partial charge in [-0.25, -0.2) is 0 Å². The maximum atomic E-state index is 13.1. The Labute approximate surface area is 177 Å². The van der Waals surface area contributed by atoms with Gasteiger partial charge in [0.1, 0.15) is 0 Å². The molecule has 4 nitrogen and oxygen atoms in total. The van der Waals surface area contributed by atoms with Crippen LogP contribution in [0.4, 0.5) is 5.69 Å². The normalized spacial score (nSPS) is 13.0. The van der Waals surface area contributed by atoms with Crippen molar-refractivity contribution in [3.63, 3.8) is 0 Å². The van der Waals surface area contributed by atoms with Gasteiger partial charge in [-0.3, -0.25) is 4.79 Å². The van der Waals surface area contributed by atoms with Gasteiger partial charge in [0.2, 0.25) is 0 Å². The molecule has 0 amide bonds. The summed E-state index contributed by atoms with van der Waals surface area (Å²) in [4.78, 5) is 15.0. The summed E-state index contributed by atoms with van der Waals surface area (Å²) in [6, 6.07) is 16.7. The minimum Gasteiger partial charge on any atom is -0.348 e. The summed E-state index contributed by atoms with van der Waals surface area (Å²) in [5.74, 6) is 0.501. The molecular weight excluding hydrogens is 378 g/mol. The highest BCUT2D eigenvalue weighted by molar-refractivity contribution is 7.80. The predicted molar refractivity (Wildman–Crippen MR) is 125 cm³/mol. The van der Waals surface area contributed by atoms with Gasteiger partial charge in [-0.2, -0.15) is 0 Å². The highest BCUT2D eigenvalue weighted by atomic mass is 32.1. The van der Waals surface area contributed by atoms with Gasteiger partial charge in [-0.15, -0.1) is 0 Å². The number of thiocarbonyl (C=S) groups is 1. The Bertz CT molecular complexity index is 1120. The second-order valence-electron chi connectivity index (χ2n) is 8.15. The van der Waals surface area contributed by atoms with Gasteiger partial charge in [0.05, 0.1) is 12.1 Å². The van der Waals surface area contributed by atoms with Crippen LogP contribution in [-0.4, -0.2) is 21.6 Å². The number of nitrogens with zero attached hydrogens (tertiary/aromatic N) is 2. The summed E-state index contributed by atoms with van der Waals surface area (Å²) in [5, 5.41) is 5.02. The number of pyridine rings is 1. The van der Waals surface area contributed by atoms with E-state index >= 15 is 0 Å². The lowest BCUT2D eigenvalue weighted by atomic mass is 10.00. The molecule has 3 aromatic rings. The molecule has 0 bridgehead atoms. The molecule has 0 unspecified atom stereocenters. The molecule has 0 aliphatic carbocycles. The average molecular weight is 406 g/mol. The maximum absolute atomic E-state index is 13.1. The van der Waals surface area contributed by atoms with Gasteiger partial charge in [-0.1, -0.05) is 44.2 Å². The number of nitrogens with one attached hydrogen (secondary N) is 1. The van der Waals surface area contributed by atoms with Crippen molar-refractivity contribution in [1.29, 1.82) is 0 Å². The van der Waals surface area contributed by atoms with E-state index < -0.39 is 0 Å². The summed E-state index contributed by atoms with van der Waals surface area (Å²) < 4.78 is 1.94. The molecule has 0 saturated heterocycles. The van der Waals surface area contributed by atoms with Crippen LogP contribution in [0.5, 0.6) is 0 Å². The van der Waals surface area contributed by atoms with E-state index in [1.807, 2.05) is 34.7 Å². The molecule has 1 aliphatic heterocycles. The fraction of sp³-hybridized carbons (Fsp3) is 0.333. The van der Waals surface area contributed by atoms with Gasteiger partial charge >= 0.3 is 0 Å². The van der Waals surface area contributed by atoms with Gasteiger partial charge in [0, 0.05) is 24.8 Å². The van der Waals surface area contributed by atoms with E-state index in [1.165, 1.54) is 11.1 Å². The van der Waals surface area contributed by atoms with Crippen LogP contribution < -0.4 is 10.9 Å². The van der Waals surface area contributed by atoms with Gasteiger partial charge < -0.3 is 14.8 Å². The first-order chi connectivity index (χ1) is 13.9. The van der Waals surface area contributed by atoms with E-state index in [-0.39, 0.29) is 5.56 Å². The molecule has 29 heavy (non-hydrogen) atoms. The molecule has 0 spiro atoms. The smallest absolute Gasteiger partial charge is 0.256 e. The summed E-state index contributed by atoms with van der Waals surface area (Å²) in [6.07, 6.45) is 2.05. The second kappa shape index (κ2) is 7.99. The Morgan fingerprint density at radius 2 is 1.97 bits per heavy atom. The van der Waals surface area contributed by atoms with Crippen molar-refractivity contribution in [1.82, 2.24) is 9.47 Å². The number of hydrogen-bond acceptors (Lipinski definition) is 2. The molecule has 150 valence electrons. The van der Waals surface area contributed by atoms with Gasteiger partial charge in [0.25, 0.3) is 5.56 Å². The number of para-hydroxylation sites is 1. The minimum atomic E-state index is 0.0978. The number of anilines is 1. The van der Waals surface area contributed by atoms with Crippen molar-refractivity contribution in [2.45, 2.75) is 45.7 Å². The monoisotopic (exact) mass is 405 g/mol. The Balaban J connectivity index is 1.54. The zero-order valence-corrected chi connectivity index (χ0v) is 18.1. The zero-order valence-electron chi connectivity index (χ0n) is 17.2. The van der Waals surface area contributed by atoms with Crippen molar-refractivity contribution in [3.8, 4) is 0 Å². The number of aryl methyl sites for hydroxylation is 2. The fourth-order valence-corrected chi connectivity index (χ4v) is 4.22. The van der Waals surface area contributed by atoms with Crippen molar-refractivity contribution < 1.29 is 0 Å². The average Bonchev–Trinajstić information content (AvgIpc) is 2.72. The van der Waals surface area contributed by atoms with Gasteiger partial charge in [-0.05, 0) is 65.7 Å². The molecule has 1 N–H and O–H groups in total. The molecule has 0 saturated carbocycles. The zero-order chi connectivity index (χ0) is 20.5. The minimum absolute atomic E-state index is 0.0978. The standard InChI is InChI=1S/C24H27N3OS/c1-16(2)17-9-11-21(12-10-17)25-24(29)26(3)15-20-14-19-7-4-6-18-8-5-13-27(22(18)19)23(20)28/h4,6-7,9-12,14,16H,5,8,13,15H2,1-3H3,(H,25,29). The summed E-state index contributed by atoms with van der Waals surface area (Å²) in [5.41, 5.74) is 5.50.